The summed E-state index contributed by atoms with van der Waals surface area (Å²) < 4.78 is 0. The van der Waals surface area contributed by atoms with Gasteiger partial charge in [-0.25, -0.2) is 4.98 Å². The summed E-state index contributed by atoms with van der Waals surface area (Å²) in [5.41, 5.74) is 2.01. The number of carbonyl (C=O) groups is 1. The molecule has 1 aromatic heterocycles. The first-order valence-electron chi connectivity index (χ1n) is 9.45. The summed E-state index contributed by atoms with van der Waals surface area (Å²) in [6.07, 6.45) is 0.880. The second-order valence-electron chi connectivity index (χ2n) is 6.84. The first kappa shape index (κ1) is 19.3. The highest BCUT2D eigenvalue weighted by atomic mass is 32.2. The van der Waals surface area contributed by atoms with Gasteiger partial charge < -0.3 is 14.8 Å². The molecule has 1 aliphatic rings. The standard InChI is InChI=1S/C20H21N5O3S/c26-19(14-29-16-8-6-15(7-9-16)25(27)28)23-10-3-11-24(13-12-23)20-21-17-4-1-2-5-18(17)22-20/h1-2,4-9H,3,10-14H2,(H,21,22). The zero-order chi connectivity index (χ0) is 20.2. The quantitative estimate of drug-likeness (QED) is 0.393. The van der Waals surface area contributed by atoms with Gasteiger partial charge in [-0.2, -0.15) is 0 Å². The molecule has 2 heterocycles. The maximum absolute atomic E-state index is 12.6. The van der Waals surface area contributed by atoms with Crippen LogP contribution in [-0.4, -0.2) is 57.6 Å². The Morgan fingerprint density at radius 2 is 1.90 bits per heavy atom. The SMILES string of the molecule is O=C(CSc1ccc([N+](=O)[O-])cc1)N1CCCN(c2nc3ccccc3[nH]2)CC1. The molecule has 2 aromatic carbocycles. The lowest BCUT2D eigenvalue weighted by Gasteiger charge is -2.21. The van der Waals surface area contributed by atoms with E-state index in [-0.39, 0.29) is 11.6 Å². The van der Waals surface area contributed by atoms with Gasteiger partial charge in [0.1, 0.15) is 0 Å². The Morgan fingerprint density at radius 1 is 1.10 bits per heavy atom. The van der Waals surface area contributed by atoms with Crippen molar-refractivity contribution in [3.05, 3.63) is 58.6 Å². The van der Waals surface area contributed by atoms with Crippen molar-refractivity contribution in [3.8, 4) is 0 Å². The molecule has 1 amide bonds. The molecule has 29 heavy (non-hydrogen) atoms. The number of thioether (sulfide) groups is 1. The lowest BCUT2D eigenvalue weighted by molar-refractivity contribution is -0.384. The van der Waals surface area contributed by atoms with Crippen molar-refractivity contribution in [1.29, 1.82) is 0 Å². The molecule has 0 aliphatic carbocycles. The van der Waals surface area contributed by atoms with E-state index in [1.54, 1.807) is 12.1 Å². The van der Waals surface area contributed by atoms with Gasteiger partial charge in [0, 0.05) is 43.2 Å². The minimum atomic E-state index is -0.426. The zero-order valence-corrected chi connectivity index (χ0v) is 16.6. The number of non-ortho nitro benzene ring substituents is 1. The van der Waals surface area contributed by atoms with E-state index in [1.807, 2.05) is 29.2 Å². The summed E-state index contributed by atoms with van der Waals surface area (Å²) in [6.45, 7) is 2.94. The van der Waals surface area contributed by atoms with Gasteiger partial charge in [-0.3, -0.25) is 14.9 Å². The summed E-state index contributed by atoms with van der Waals surface area (Å²) in [5, 5.41) is 10.7. The van der Waals surface area contributed by atoms with Crippen molar-refractivity contribution in [2.45, 2.75) is 11.3 Å². The van der Waals surface area contributed by atoms with E-state index in [0.717, 1.165) is 47.9 Å². The van der Waals surface area contributed by atoms with Crippen LogP contribution in [0.15, 0.2) is 53.4 Å². The lowest BCUT2D eigenvalue weighted by Crippen LogP contribution is -2.36. The van der Waals surface area contributed by atoms with Crippen LogP contribution in [0.2, 0.25) is 0 Å². The van der Waals surface area contributed by atoms with Crippen LogP contribution in [0.5, 0.6) is 0 Å². The fourth-order valence-electron chi connectivity index (χ4n) is 3.37. The number of imidazole rings is 1. The fraction of sp³-hybridized carbons (Fsp3) is 0.300. The highest BCUT2D eigenvalue weighted by molar-refractivity contribution is 8.00. The molecule has 3 aromatic rings. The van der Waals surface area contributed by atoms with Gasteiger partial charge in [0.05, 0.1) is 21.7 Å². The number of benzene rings is 2. The lowest BCUT2D eigenvalue weighted by atomic mass is 10.3. The second kappa shape index (κ2) is 8.52. The maximum Gasteiger partial charge on any atom is 0.269 e. The molecule has 1 saturated heterocycles. The Morgan fingerprint density at radius 3 is 2.66 bits per heavy atom. The Kier molecular flexibility index (Phi) is 5.66. The number of nitro groups is 1. The number of aromatic nitrogens is 2. The molecule has 4 rings (SSSR count). The van der Waals surface area contributed by atoms with Crippen LogP contribution in [0.1, 0.15) is 6.42 Å². The van der Waals surface area contributed by atoms with Crippen LogP contribution in [0.25, 0.3) is 11.0 Å². The van der Waals surface area contributed by atoms with Crippen LogP contribution in [0, 0.1) is 10.1 Å². The van der Waals surface area contributed by atoms with Crippen LogP contribution in [0.4, 0.5) is 11.6 Å². The molecule has 0 saturated carbocycles. The molecule has 8 nitrogen and oxygen atoms in total. The van der Waals surface area contributed by atoms with Gasteiger partial charge in [0.2, 0.25) is 11.9 Å². The molecule has 1 fully saturated rings. The number of carbonyl (C=O) groups excluding carboxylic acids is 1. The molecule has 1 aliphatic heterocycles. The number of nitrogens with one attached hydrogen (secondary N) is 1. The smallest absolute Gasteiger partial charge is 0.269 e. The molecule has 0 atom stereocenters. The third-order valence-electron chi connectivity index (χ3n) is 4.93. The molecule has 0 unspecified atom stereocenters. The number of H-pyrrole nitrogens is 1. The average molecular weight is 411 g/mol. The number of hydrogen-bond acceptors (Lipinski definition) is 6. The number of anilines is 1. The number of rotatable bonds is 5. The Balaban J connectivity index is 1.32. The minimum absolute atomic E-state index is 0.0545. The van der Waals surface area contributed by atoms with Crippen LogP contribution >= 0.6 is 11.8 Å². The van der Waals surface area contributed by atoms with Crippen molar-refractivity contribution in [2.75, 3.05) is 36.8 Å². The van der Waals surface area contributed by atoms with Crippen LogP contribution in [0.3, 0.4) is 0 Å². The van der Waals surface area contributed by atoms with Gasteiger partial charge in [0.15, 0.2) is 0 Å². The molecule has 0 bridgehead atoms. The van der Waals surface area contributed by atoms with Gasteiger partial charge in [-0.1, -0.05) is 12.1 Å². The number of nitrogens with zero attached hydrogens (tertiary/aromatic N) is 4. The summed E-state index contributed by atoms with van der Waals surface area (Å²) in [4.78, 5) is 35.9. The van der Waals surface area contributed by atoms with Crippen molar-refractivity contribution >= 4 is 40.3 Å². The molecule has 150 valence electrons. The van der Waals surface area contributed by atoms with Crippen molar-refractivity contribution in [1.82, 2.24) is 14.9 Å². The Labute approximate surface area is 172 Å². The largest absolute Gasteiger partial charge is 0.341 e. The highest BCUT2D eigenvalue weighted by Gasteiger charge is 2.21. The number of fused-ring (bicyclic) bond motifs is 1. The minimum Gasteiger partial charge on any atom is -0.341 e. The summed E-state index contributed by atoms with van der Waals surface area (Å²) >= 11 is 1.40. The van der Waals surface area contributed by atoms with Gasteiger partial charge in [-0.05, 0) is 30.7 Å². The molecular formula is C20H21N5O3S. The van der Waals surface area contributed by atoms with Crippen molar-refractivity contribution < 1.29 is 9.72 Å². The highest BCUT2D eigenvalue weighted by Crippen LogP contribution is 2.22. The number of nitro benzene ring substituents is 1. The summed E-state index contributed by atoms with van der Waals surface area (Å²) in [7, 11) is 0. The number of para-hydroxylation sites is 2. The monoisotopic (exact) mass is 411 g/mol. The third kappa shape index (κ3) is 4.51. The zero-order valence-electron chi connectivity index (χ0n) is 15.8. The molecular weight excluding hydrogens is 390 g/mol. The number of hydrogen-bond donors (Lipinski definition) is 1. The van der Waals surface area contributed by atoms with Gasteiger partial charge in [0.25, 0.3) is 5.69 Å². The van der Waals surface area contributed by atoms with Crippen LogP contribution in [-0.2, 0) is 4.79 Å². The second-order valence-corrected chi connectivity index (χ2v) is 7.89. The van der Waals surface area contributed by atoms with E-state index >= 15 is 0 Å². The normalized spacial score (nSPS) is 14.8. The van der Waals surface area contributed by atoms with Gasteiger partial charge >= 0.3 is 0 Å². The van der Waals surface area contributed by atoms with E-state index in [0.29, 0.717) is 12.3 Å². The van der Waals surface area contributed by atoms with E-state index in [1.165, 1.54) is 23.9 Å². The van der Waals surface area contributed by atoms with E-state index < -0.39 is 4.92 Å². The average Bonchev–Trinajstić information content (AvgIpc) is 3.01. The fourth-order valence-corrected chi connectivity index (χ4v) is 4.17. The number of amides is 1. The molecule has 1 N–H and O–H groups in total. The van der Waals surface area contributed by atoms with E-state index in [4.69, 9.17) is 0 Å². The Hall–Kier alpha value is -3.07. The third-order valence-corrected chi connectivity index (χ3v) is 5.93. The summed E-state index contributed by atoms with van der Waals surface area (Å²) in [5.74, 6) is 1.25. The number of aromatic amines is 1. The van der Waals surface area contributed by atoms with E-state index in [9.17, 15) is 14.9 Å². The van der Waals surface area contributed by atoms with Crippen molar-refractivity contribution in [2.24, 2.45) is 0 Å². The predicted octanol–water partition coefficient (Wildman–Crippen LogP) is 3.30. The predicted molar refractivity (Wildman–Crippen MR) is 113 cm³/mol. The first-order valence-corrected chi connectivity index (χ1v) is 10.4. The van der Waals surface area contributed by atoms with Crippen LogP contribution < -0.4 is 4.90 Å². The topological polar surface area (TPSA) is 95.4 Å². The molecule has 0 radical (unpaired) electrons. The first-order chi connectivity index (χ1) is 14.1. The summed E-state index contributed by atoms with van der Waals surface area (Å²) in [6, 6.07) is 14.2. The Bertz CT molecular complexity index is 987. The molecule has 0 spiro atoms. The maximum atomic E-state index is 12.6. The van der Waals surface area contributed by atoms with E-state index in [2.05, 4.69) is 14.9 Å². The van der Waals surface area contributed by atoms with Crippen molar-refractivity contribution in [3.63, 3.8) is 0 Å². The molecule has 9 heteroatoms. The van der Waals surface area contributed by atoms with Gasteiger partial charge in [-0.15, -0.1) is 11.8 Å².